The second kappa shape index (κ2) is 4.04. The molecule has 12 heavy (non-hydrogen) atoms. The molecule has 1 nitrogen and oxygen atoms in total. The molecule has 1 aliphatic carbocycles. The monoisotopic (exact) mass is 180 g/mol. The molecule has 0 amide bonds. The van der Waals surface area contributed by atoms with E-state index in [9.17, 15) is 0 Å². The predicted molar refractivity (Wildman–Crippen MR) is 51.2 cm³/mol. The van der Waals surface area contributed by atoms with Gasteiger partial charge in [0.05, 0.1) is 5.69 Å². The van der Waals surface area contributed by atoms with Gasteiger partial charge in [-0.15, -0.1) is 11.3 Å². The Morgan fingerprint density at radius 2 is 2.25 bits per heavy atom. The van der Waals surface area contributed by atoms with Crippen LogP contribution in [-0.4, -0.2) is 4.98 Å². The van der Waals surface area contributed by atoms with Gasteiger partial charge in [0, 0.05) is 5.38 Å². The number of rotatable bonds is 2. The van der Waals surface area contributed by atoms with Crippen molar-refractivity contribution in [2.75, 3.05) is 0 Å². The minimum absolute atomic E-state index is 0.911. The van der Waals surface area contributed by atoms with Gasteiger partial charge in [-0.2, -0.15) is 0 Å². The Morgan fingerprint density at radius 1 is 1.42 bits per heavy atom. The van der Waals surface area contributed by atoms with E-state index in [1.54, 1.807) is 11.3 Å². The minimum Gasteiger partial charge on any atom is -0.239 e. The molecule has 1 saturated carbocycles. The highest BCUT2D eigenvalue weighted by molar-refractivity contribution is 7.07. The van der Waals surface area contributed by atoms with Crippen molar-refractivity contribution in [1.82, 2.24) is 4.98 Å². The zero-order chi connectivity index (χ0) is 8.23. The number of hydrogen-bond donors (Lipinski definition) is 0. The summed E-state index contributed by atoms with van der Waals surface area (Å²) >= 11 is 1.59. The summed E-state index contributed by atoms with van der Waals surface area (Å²) in [6.45, 7) is 0. The maximum Gasteiger partial charge on any atom is 0.152 e. The van der Waals surface area contributed by atoms with Crippen LogP contribution in [-0.2, 0) is 6.42 Å². The summed E-state index contributed by atoms with van der Waals surface area (Å²) in [6.07, 6.45) is 8.33. The second-order valence-corrected chi connectivity index (χ2v) is 4.29. The summed E-state index contributed by atoms with van der Waals surface area (Å²) in [5.74, 6) is 0.911. The topological polar surface area (TPSA) is 12.9 Å². The lowest BCUT2D eigenvalue weighted by Gasteiger charge is -2.20. The smallest absolute Gasteiger partial charge is 0.152 e. The van der Waals surface area contributed by atoms with Gasteiger partial charge in [-0.1, -0.05) is 32.1 Å². The van der Waals surface area contributed by atoms with Crippen LogP contribution in [0.3, 0.4) is 0 Å². The number of aromatic nitrogens is 1. The van der Waals surface area contributed by atoms with Crippen LogP contribution in [0.4, 0.5) is 0 Å². The highest BCUT2D eigenvalue weighted by atomic mass is 32.1. The largest absolute Gasteiger partial charge is 0.239 e. The van der Waals surface area contributed by atoms with Crippen molar-refractivity contribution < 1.29 is 0 Å². The first-order chi connectivity index (χ1) is 5.95. The van der Waals surface area contributed by atoms with Gasteiger partial charge in [-0.05, 0) is 12.3 Å². The fraction of sp³-hybridized carbons (Fsp3) is 0.700. The van der Waals surface area contributed by atoms with Crippen molar-refractivity contribution in [1.29, 1.82) is 0 Å². The summed E-state index contributed by atoms with van der Waals surface area (Å²) in [7, 11) is 0. The third-order valence-corrected chi connectivity index (χ3v) is 3.25. The normalized spacial score (nSPS) is 19.7. The third kappa shape index (κ3) is 2.07. The van der Waals surface area contributed by atoms with Crippen LogP contribution in [0.1, 0.15) is 37.8 Å². The van der Waals surface area contributed by atoms with Gasteiger partial charge in [0.25, 0.3) is 0 Å². The van der Waals surface area contributed by atoms with E-state index < -0.39 is 0 Å². The van der Waals surface area contributed by atoms with E-state index in [0.29, 0.717) is 0 Å². The van der Waals surface area contributed by atoms with Crippen molar-refractivity contribution in [2.24, 2.45) is 5.92 Å². The summed E-state index contributed by atoms with van der Waals surface area (Å²) in [5.41, 5.74) is 4.17. The maximum absolute atomic E-state index is 4.20. The molecule has 0 unspecified atom stereocenters. The SMILES string of the molecule is [c]1nc(CC2CCCCC2)cs1. The molecule has 0 aliphatic heterocycles. The van der Waals surface area contributed by atoms with Gasteiger partial charge in [0.2, 0.25) is 0 Å². The average molecular weight is 180 g/mol. The van der Waals surface area contributed by atoms with Gasteiger partial charge in [-0.3, -0.25) is 0 Å². The quantitative estimate of drug-likeness (QED) is 0.681. The van der Waals surface area contributed by atoms with Crippen LogP contribution in [0.15, 0.2) is 5.38 Å². The third-order valence-electron chi connectivity index (χ3n) is 2.66. The molecule has 0 aromatic carbocycles. The zero-order valence-electron chi connectivity index (χ0n) is 7.25. The molecule has 0 atom stereocenters. The van der Waals surface area contributed by atoms with Crippen LogP contribution in [0.2, 0.25) is 0 Å². The van der Waals surface area contributed by atoms with E-state index in [2.05, 4.69) is 15.9 Å². The van der Waals surface area contributed by atoms with Gasteiger partial charge in [0.1, 0.15) is 0 Å². The first kappa shape index (κ1) is 8.24. The molecular weight excluding hydrogens is 166 g/mol. The molecule has 2 rings (SSSR count). The average Bonchev–Trinajstić information content (AvgIpc) is 2.59. The Labute approximate surface area is 77.8 Å². The zero-order valence-corrected chi connectivity index (χ0v) is 8.07. The van der Waals surface area contributed by atoms with E-state index in [1.165, 1.54) is 44.2 Å². The fourth-order valence-electron chi connectivity index (χ4n) is 1.99. The molecule has 0 N–H and O–H groups in total. The molecule has 1 aromatic rings. The van der Waals surface area contributed by atoms with Crippen LogP contribution in [0.25, 0.3) is 0 Å². The first-order valence-electron chi connectivity index (χ1n) is 4.75. The highest BCUT2D eigenvalue weighted by Gasteiger charge is 2.14. The van der Waals surface area contributed by atoms with Crippen LogP contribution < -0.4 is 0 Å². The van der Waals surface area contributed by atoms with E-state index in [0.717, 1.165) is 5.92 Å². The highest BCUT2D eigenvalue weighted by Crippen LogP contribution is 2.26. The van der Waals surface area contributed by atoms with Gasteiger partial charge in [0.15, 0.2) is 5.51 Å². The molecule has 0 bridgehead atoms. The lowest BCUT2D eigenvalue weighted by atomic mass is 9.86. The molecule has 0 spiro atoms. The van der Waals surface area contributed by atoms with Crippen molar-refractivity contribution in [2.45, 2.75) is 38.5 Å². The Bertz CT molecular complexity index is 212. The predicted octanol–water partition coefficient (Wildman–Crippen LogP) is 3.07. The van der Waals surface area contributed by atoms with Crippen molar-refractivity contribution in [3.05, 3.63) is 16.6 Å². The van der Waals surface area contributed by atoms with Crippen LogP contribution in [0.5, 0.6) is 0 Å². The van der Waals surface area contributed by atoms with E-state index >= 15 is 0 Å². The van der Waals surface area contributed by atoms with Gasteiger partial charge >= 0.3 is 0 Å². The summed E-state index contributed by atoms with van der Waals surface area (Å²) in [5, 5.41) is 2.13. The number of hydrogen-bond acceptors (Lipinski definition) is 2. The fourth-order valence-corrected chi connectivity index (χ4v) is 2.49. The molecule has 1 fully saturated rings. The maximum atomic E-state index is 4.20. The standard InChI is InChI=1S/C10H14NS/c1-2-4-9(5-3-1)6-10-7-12-8-11-10/h7,9H,1-6H2. The summed E-state index contributed by atoms with van der Waals surface area (Å²) < 4.78 is 0. The van der Waals surface area contributed by atoms with Crippen molar-refractivity contribution in [3.63, 3.8) is 0 Å². The van der Waals surface area contributed by atoms with Crippen molar-refractivity contribution >= 4 is 11.3 Å². The molecule has 65 valence electrons. The van der Waals surface area contributed by atoms with Crippen LogP contribution >= 0.6 is 11.3 Å². The summed E-state index contributed by atoms with van der Waals surface area (Å²) in [6, 6.07) is 0. The van der Waals surface area contributed by atoms with E-state index in [4.69, 9.17) is 0 Å². The molecule has 1 radical (unpaired) electrons. The first-order valence-corrected chi connectivity index (χ1v) is 5.63. The Morgan fingerprint density at radius 3 is 2.92 bits per heavy atom. The number of nitrogens with zero attached hydrogens (tertiary/aromatic N) is 1. The van der Waals surface area contributed by atoms with E-state index in [1.807, 2.05) is 0 Å². The lowest BCUT2D eigenvalue weighted by Crippen LogP contribution is -2.09. The summed E-state index contributed by atoms with van der Waals surface area (Å²) in [4.78, 5) is 4.20. The molecular formula is C10H14NS. The second-order valence-electron chi connectivity index (χ2n) is 3.64. The minimum atomic E-state index is 0.911. The van der Waals surface area contributed by atoms with Crippen LogP contribution in [0, 0.1) is 11.4 Å². The molecule has 2 heteroatoms. The van der Waals surface area contributed by atoms with Gasteiger partial charge < -0.3 is 0 Å². The molecule has 1 heterocycles. The molecule has 1 aliphatic rings. The lowest BCUT2D eigenvalue weighted by molar-refractivity contribution is 0.354. The molecule has 1 aromatic heterocycles. The Balaban J connectivity index is 1.86. The van der Waals surface area contributed by atoms with Crippen molar-refractivity contribution in [3.8, 4) is 0 Å². The van der Waals surface area contributed by atoms with E-state index in [-0.39, 0.29) is 0 Å². The Hall–Kier alpha value is -0.370. The number of thiazole rings is 1. The Kier molecular flexibility index (Phi) is 2.77. The van der Waals surface area contributed by atoms with Gasteiger partial charge in [-0.25, -0.2) is 4.98 Å². The molecule has 0 saturated heterocycles.